The van der Waals surface area contributed by atoms with Crippen LogP contribution < -0.4 is 5.32 Å². The van der Waals surface area contributed by atoms with Gasteiger partial charge in [-0.3, -0.25) is 14.2 Å². The van der Waals surface area contributed by atoms with Gasteiger partial charge in [0.2, 0.25) is 15.9 Å². The minimum absolute atomic E-state index is 0.126. The van der Waals surface area contributed by atoms with Gasteiger partial charge in [-0.1, -0.05) is 0 Å². The Morgan fingerprint density at radius 2 is 2.14 bits per heavy atom. The third-order valence-electron chi connectivity index (χ3n) is 5.41. The number of carbonyl (C=O) groups excluding carboxylic acids is 1. The maximum Gasteiger partial charge on any atom is 0.246 e. The van der Waals surface area contributed by atoms with Crippen molar-refractivity contribution in [3.8, 4) is 0 Å². The number of sulfonamides is 1. The van der Waals surface area contributed by atoms with Crippen LogP contribution in [0.3, 0.4) is 0 Å². The Kier molecular flexibility index (Phi) is 5.90. The molecule has 1 aliphatic heterocycles. The lowest BCUT2D eigenvalue weighted by Gasteiger charge is -2.31. The van der Waals surface area contributed by atoms with Crippen molar-refractivity contribution in [2.45, 2.75) is 51.1 Å². The monoisotopic (exact) mass is 408 g/mol. The predicted molar refractivity (Wildman–Crippen MR) is 104 cm³/mol. The molecule has 10 heteroatoms. The molecular formula is C18H28N6O3S. The molecule has 28 heavy (non-hydrogen) atoms. The van der Waals surface area contributed by atoms with Gasteiger partial charge in [0.15, 0.2) is 0 Å². The smallest absolute Gasteiger partial charge is 0.246 e. The fourth-order valence-electron chi connectivity index (χ4n) is 3.63. The van der Waals surface area contributed by atoms with Crippen molar-refractivity contribution in [1.82, 2.24) is 29.2 Å². The Labute approximate surface area is 165 Å². The summed E-state index contributed by atoms with van der Waals surface area (Å²) in [6.45, 7) is 6.96. The molecule has 0 spiro atoms. The van der Waals surface area contributed by atoms with Gasteiger partial charge in [-0.05, 0) is 39.7 Å². The first-order valence-electron chi connectivity index (χ1n) is 9.56. The van der Waals surface area contributed by atoms with Crippen LogP contribution in [-0.4, -0.2) is 51.3 Å². The molecule has 2 atom stereocenters. The van der Waals surface area contributed by atoms with Gasteiger partial charge in [0.25, 0.3) is 0 Å². The predicted octanol–water partition coefficient (Wildman–Crippen LogP) is 1.22. The summed E-state index contributed by atoms with van der Waals surface area (Å²) < 4.78 is 30.8. The summed E-state index contributed by atoms with van der Waals surface area (Å²) in [6.07, 6.45) is 4.41. The second-order valence-electron chi connectivity index (χ2n) is 7.22. The van der Waals surface area contributed by atoms with Crippen LogP contribution in [0.2, 0.25) is 0 Å². The van der Waals surface area contributed by atoms with E-state index in [1.54, 1.807) is 24.9 Å². The van der Waals surface area contributed by atoms with E-state index >= 15 is 0 Å². The second-order valence-corrected chi connectivity index (χ2v) is 9.13. The van der Waals surface area contributed by atoms with Crippen LogP contribution in [0.25, 0.3) is 0 Å². The summed E-state index contributed by atoms with van der Waals surface area (Å²) in [5.41, 5.74) is 1.52. The third-order valence-corrected chi connectivity index (χ3v) is 7.38. The quantitative estimate of drug-likeness (QED) is 0.774. The Bertz CT molecular complexity index is 948. The van der Waals surface area contributed by atoms with Gasteiger partial charge >= 0.3 is 0 Å². The van der Waals surface area contributed by atoms with Gasteiger partial charge in [0.1, 0.15) is 4.90 Å². The minimum atomic E-state index is -3.66. The summed E-state index contributed by atoms with van der Waals surface area (Å²) in [5, 5.41) is 11.3. The Morgan fingerprint density at radius 1 is 1.39 bits per heavy atom. The van der Waals surface area contributed by atoms with Crippen molar-refractivity contribution in [3.63, 3.8) is 0 Å². The first-order chi connectivity index (χ1) is 13.3. The van der Waals surface area contributed by atoms with Crippen LogP contribution in [0.1, 0.15) is 44.1 Å². The van der Waals surface area contributed by atoms with Crippen molar-refractivity contribution in [1.29, 1.82) is 0 Å². The SMILES string of the molecule is CCn1nccc1C(C)NC(=O)C1CCCN(S(=O)(=O)c2cnn(C)c2C)C1. The van der Waals surface area contributed by atoms with Gasteiger partial charge in [-0.25, -0.2) is 8.42 Å². The van der Waals surface area contributed by atoms with Gasteiger partial charge in [0.05, 0.1) is 29.5 Å². The number of hydrogen-bond acceptors (Lipinski definition) is 5. The number of hydrogen-bond donors (Lipinski definition) is 1. The second kappa shape index (κ2) is 8.04. The lowest BCUT2D eigenvalue weighted by Crippen LogP contribution is -2.46. The number of aromatic nitrogens is 4. The van der Waals surface area contributed by atoms with Crippen LogP contribution in [-0.2, 0) is 28.4 Å². The molecule has 1 N–H and O–H groups in total. The largest absolute Gasteiger partial charge is 0.348 e. The van der Waals surface area contributed by atoms with E-state index in [4.69, 9.17) is 0 Å². The van der Waals surface area contributed by atoms with Gasteiger partial charge in [-0.15, -0.1) is 0 Å². The molecule has 154 valence electrons. The van der Waals surface area contributed by atoms with E-state index in [0.29, 0.717) is 25.1 Å². The van der Waals surface area contributed by atoms with Crippen LogP contribution in [0.15, 0.2) is 23.4 Å². The van der Waals surface area contributed by atoms with Gasteiger partial charge in [-0.2, -0.15) is 14.5 Å². The van der Waals surface area contributed by atoms with E-state index in [9.17, 15) is 13.2 Å². The molecule has 1 aliphatic rings. The summed E-state index contributed by atoms with van der Waals surface area (Å²) >= 11 is 0. The number of piperidine rings is 1. The normalized spacial score (nSPS) is 19.5. The Balaban J connectivity index is 1.70. The molecule has 0 aliphatic carbocycles. The summed E-state index contributed by atoms with van der Waals surface area (Å²) in [5.74, 6) is -0.500. The van der Waals surface area contributed by atoms with Crippen molar-refractivity contribution in [2.75, 3.05) is 13.1 Å². The first-order valence-corrected chi connectivity index (χ1v) is 11.0. The molecule has 3 heterocycles. The average molecular weight is 409 g/mol. The molecule has 0 bridgehead atoms. The van der Waals surface area contributed by atoms with E-state index in [1.165, 1.54) is 10.5 Å². The Hall–Kier alpha value is -2.20. The fourth-order valence-corrected chi connectivity index (χ4v) is 5.34. The molecule has 2 aromatic rings. The van der Waals surface area contributed by atoms with E-state index < -0.39 is 10.0 Å². The van der Waals surface area contributed by atoms with Crippen molar-refractivity contribution >= 4 is 15.9 Å². The zero-order valence-electron chi connectivity index (χ0n) is 16.8. The molecule has 2 unspecified atom stereocenters. The number of nitrogens with zero attached hydrogens (tertiary/aromatic N) is 5. The first kappa shape index (κ1) is 20.5. The molecule has 9 nitrogen and oxygen atoms in total. The fraction of sp³-hybridized carbons (Fsp3) is 0.611. The molecule has 1 amide bonds. The summed E-state index contributed by atoms with van der Waals surface area (Å²) in [6, 6.07) is 1.69. The molecule has 0 saturated carbocycles. The number of rotatable bonds is 6. The highest BCUT2D eigenvalue weighted by Crippen LogP contribution is 2.26. The standard InChI is InChI=1S/C18H28N6O3S/c1-5-24-16(8-9-19-24)13(2)21-18(25)15-7-6-10-23(12-15)28(26,27)17-11-20-22(4)14(17)3/h8-9,11,13,15H,5-7,10,12H2,1-4H3,(H,21,25). The molecule has 0 aromatic carbocycles. The molecule has 1 saturated heterocycles. The maximum atomic E-state index is 13.0. The highest BCUT2D eigenvalue weighted by molar-refractivity contribution is 7.89. The lowest BCUT2D eigenvalue weighted by molar-refractivity contribution is -0.126. The van der Waals surface area contributed by atoms with Gasteiger partial charge in [0, 0.05) is 32.9 Å². The highest BCUT2D eigenvalue weighted by atomic mass is 32.2. The van der Waals surface area contributed by atoms with Crippen LogP contribution in [0.4, 0.5) is 0 Å². The third kappa shape index (κ3) is 3.83. The van der Waals surface area contributed by atoms with E-state index in [0.717, 1.165) is 12.2 Å². The van der Waals surface area contributed by atoms with Crippen molar-refractivity contribution in [3.05, 3.63) is 29.8 Å². The Morgan fingerprint density at radius 3 is 2.79 bits per heavy atom. The van der Waals surface area contributed by atoms with Gasteiger partial charge < -0.3 is 5.32 Å². The van der Waals surface area contributed by atoms with Crippen LogP contribution >= 0.6 is 0 Å². The van der Waals surface area contributed by atoms with E-state index in [2.05, 4.69) is 15.5 Å². The summed E-state index contributed by atoms with van der Waals surface area (Å²) in [4.78, 5) is 13.0. The zero-order valence-corrected chi connectivity index (χ0v) is 17.6. The molecule has 2 aromatic heterocycles. The lowest BCUT2D eigenvalue weighted by atomic mass is 9.98. The van der Waals surface area contributed by atoms with Crippen LogP contribution in [0, 0.1) is 12.8 Å². The highest BCUT2D eigenvalue weighted by Gasteiger charge is 2.35. The number of aryl methyl sites for hydroxylation is 2. The van der Waals surface area contributed by atoms with Crippen molar-refractivity contribution in [2.24, 2.45) is 13.0 Å². The molecule has 0 radical (unpaired) electrons. The van der Waals surface area contributed by atoms with Crippen LogP contribution in [0.5, 0.6) is 0 Å². The topological polar surface area (TPSA) is 102 Å². The molecular weight excluding hydrogens is 380 g/mol. The molecule has 3 rings (SSSR count). The number of amides is 1. The van der Waals surface area contributed by atoms with Crippen molar-refractivity contribution < 1.29 is 13.2 Å². The molecule has 1 fully saturated rings. The summed E-state index contributed by atoms with van der Waals surface area (Å²) in [7, 11) is -1.95. The number of nitrogens with one attached hydrogen (secondary N) is 1. The maximum absolute atomic E-state index is 13.0. The number of carbonyl (C=O) groups is 1. The average Bonchev–Trinajstić information content (AvgIpc) is 3.29. The zero-order chi connectivity index (χ0) is 20.5. The minimum Gasteiger partial charge on any atom is -0.348 e. The van der Waals surface area contributed by atoms with E-state index in [-0.39, 0.29) is 29.3 Å². The van der Waals surface area contributed by atoms with E-state index in [1.807, 2.05) is 24.6 Å².